The van der Waals surface area contributed by atoms with E-state index in [0.29, 0.717) is 11.7 Å². The Morgan fingerprint density at radius 1 is 1.24 bits per heavy atom. The van der Waals surface area contributed by atoms with Crippen molar-refractivity contribution >= 4 is 28.8 Å². The molecule has 0 saturated carbocycles. The number of thiazole rings is 1. The van der Waals surface area contributed by atoms with Crippen molar-refractivity contribution in [2.24, 2.45) is 0 Å². The lowest BCUT2D eigenvalue weighted by Gasteiger charge is -2.09. The average Bonchev–Trinajstić information content (AvgIpc) is 2.71. The highest BCUT2D eigenvalue weighted by atomic mass is 35.5. The highest BCUT2D eigenvalue weighted by Crippen LogP contribution is 2.21. The van der Waals surface area contributed by atoms with Crippen molar-refractivity contribution in [1.82, 2.24) is 15.2 Å². The van der Waals surface area contributed by atoms with Crippen molar-refractivity contribution in [2.45, 2.75) is 27.3 Å². The monoisotopic (exact) mass is 268 g/mol. The van der Waals surface area contributed by atoms with E-state index in [1.807, 2.05) is 26.3 Å². The fourth-order valence-electron chi connectivity index (χ4n) is 1.40. The molecule has 0 spiro atoms. The molecule has 0 radical (unpaired) electrons. The summed E-state index contributed by atoms with van der Waals surface area (Å²) in [6.45, 7) is 6.64. The molecule has 0 aliphatic rings. The fourth-order valence-corrected chi connectivity index (χ4v) is 2.30. The zero-order chi connectivity index (χ0) is 12.4. The van der Waals surface area contributed by atoms with Gasteiger partial charge in [0.25, 0.3) is 0 Å². The maximum absolute atomic E-state index is 5.90. The number of anilines is 1. The van der Waals surface area contributed by atoms with Crippen LogP contribution < -0.4 is 5.32 Å². The van der Waals surface area contributed by atoms with Gasteiger partial charge in [0.1, 0.15) is 0 Å². The summed E-state index contributed by atoms with van der Waals surface area (Å²) in [6.07, 6.45) is 0. The SMILES string of the molecule is Cc1ncsc1CNc1nnc(Cl)c(C)c1C. The first-order valence-corrected chi connectivity index (χ1v) is 6.47. The van der Waals surface area contributed by atoms with Gasteiger partial charge < -0.3 is 5.32 Å². The number of rotatable bonds is 3. The third kappa shape index (κ3) is 2.56. The van der Waals surface area contributed by atoms with Gasteiger partial charge in [-0.05, 0) is 31.9 Å². The second kappa shape index (κ2) is 4.98. The third-order valence-electron chi connectivity index (χ3n) is 2.73. The molecule has 0 unspecified atom stereocenters. The summed E-state index contributed by atoms with van der Waals surface area (Å²) in [6, 6.07) is 0. The van der Waals surface area contributed by atoms with Crippen LogP contribution in [-0.2, 0) is 6.54 Å². The molecular weight excluding hydrogens is 256 g/mol. The molecule has 2 aromatic heterocycles. The van der Waals surface area contributed by atoms with E-state index in [1.165, 1.54) is 4.88 Å². The van der Waals surface area contributed by atoms with Crippen molar-refractivity contribution in [1.29, 1.82) is 0 Å². The number of aryl methyl sites for hydroxylation is 1. The zero-order valence-corrected chi connectivity index (χ0v) is 11.5. The lowest BCUT2D eigenvalue weighted by molar-refractivity contribution is 0.971. The summed E-state index contributed by atoms with van der Waals surface area (Å²) in [4.78, 5) is 5.41. The molecule has 2 heterocycles. The molecule has 17 heavy (non-hydrogen) atoms. The molecule has 6 heteroatoms. The van der Waals surface area contributed by atoms with Crippen molar-refractivity contribution < 1.29 is 0 Å². The van der Waals surface area contributed by atoms with Crippen LogP contribution in [-0.4, -0.2) is 15.2 Å². The lowest BCUT2D eigenvalue weighted by atomic mass is 10.2. The Hall–Kier alpha value is -1.20. The van der Waals surface area contributed by atoms with Crippen LogP contribution in [0.2, 0.25) is 5.15 Å². The summed E-state index contributed by atoms with van der Waals surface area (Å²) in [5.41, 5.74) is 4.90. The molecule has 0 aliphatic carbocycles. The smallest absolute Gasteiger partial charge is 0.155 e. The maximum atomic E-state index is 5.90. The molecule has 1 N–H and O–H groups in total. The Kier molecular flexibility index (Phi) is 3.59. The summed E-state index contributed by atoms with van der Waals surface area (Å²) in [5, 5.41) is 11.7. The average molecular weight is 269 g/mol. The highest BCUT2D eigenvalue weighted by molar-refractivity contribution is 7.09. The van der Waals surface area contributed by atoms with E-state index in [0.717, 1.165) is 22.6 Å². The molecule has 4 nitrogen and oxygen atoms in total. The van der Waals surface area contributed by atoms with E-state index in [2.05, 4.69) is 20.5 Å². The van der Waals surface area contributed by atoms with E-state index >= 15 is 0 Å². The van der Waals surface area contributed by atoms with Crippen LogP contribution in [0.1, 0.15) is 21.7 Å². The van der Waals surface area contributed by atoms with Gasteiger partial charge in [-0.25, -0.2) is 4.98 Å². The Labute approximate surface area is 109 Å². The second-order valence-electron chi connectivity index (χ2n) is 3.80. The Morgan fingerprint density at radius 3 is 2.65 bits per heavy atom. The van der Waals surface area contributed by atoms with E-state index in [4.69, 9.17) is 11.6 Å². The van der Waals surface area contributed by atoms with Crippen LogP contribution >= 0.6 is 22.9 Å². The predicted molar refractivity (Wildman–Crippen MR) is 70.7 cm³/mol. The summed E-state index contributed by atoms with van der Waals surface area (Å²) < 4.78 is 0. The molecule has 0 bridgehead atoms. The van der Waals surface area contributed by atoms with Crippen molar-refractivity contribution in [2.75, 3.05) is 5.32 Å². The first-order valence-electron chi connectivity index (χ1n) is 5.21. The normalized spacial score (nSPS) is 10.6. The molecule has 0 amide bonds. The van der Waals surface area contributed by atoms with Gasteiger partial charge in [0.15, 0.2) is 11.0 Å². The number of hydrogen-bond acceptors (Lipinski definition) is 5. The van der Waals surface area contributed by atoms with Crippen LogP contribution in [0.15, 0.2) is 5.51 Å². The van der Waals surface area contributed by atoms with Crippen molar-refractivity contribution in [3.63, 3.8) is 0 Å². The van der Waals surface area contributed by atoms with E-state index in [9.17, 15) is 0 Å². The van der Waals surface area contributed by atoms with Gasteiger partial charge in [-0.3, -0.25) is 0 Å². The maximum Gasteiger partial charge on any atom is 0.155 e. The van der Waals surface area contributed by atoms with Crippen LogP contribution in [0.5, 0.6) is 0 Å². The molecular formula is C11H13ClN4S. The number of halogens is 1. The van der Waals surface area contributed by atoms with E-state index in [1.54, 1.807) is 11.3 Å². The van der Waals surface area contributed by atoms with Gasteiger partial charge in [-0.2, -0.15) is 0 Å². The second-order valence-corrected chi connectivity index (χ2v) is 5.10. The standard InChI is InChI=1S/C11H13ClN4S/c1-6-7(2)11(16-15-10(6)12)13-4-9-8(3)14-5-17-9/h5H,4H2,1-3H3,(H,13,16). The highest BCUT2D eigenvalue weighted by Gasteiger charge is 2.08. The predicted octanol–water partition coefficient (Wildman–Crippen LogP) is 3.12. The minimum absolute atomic E-state index is 0.460. The van der Waals surface area contributed by atoms with Crippen molar-refractivity contribution in [3.05, 3.63) is 32.4 Å². The molecule has 0 saturated heterocycles. The van der Waals surface area contributed by atoms with Gasteiger partial charge in [-0.15, -0.1) is 21.5 Å². The van der Waals surface area contributed by atoms with Crippen LogP contribution in [0.4, 0.5) is 5.82 Å². The molecule has 2 aromatic rings. The first-order chi connectivity index (χ1) is 8.09. The quantitative estimate of drug-likeness (QED) is 0.929. The van der Waals surface area contributed by atoms with Gasteiger partial charge >= 0.3 is 0 Å². The first kappa shape index (κ1) is 12.3. The van der Waals surface area contributed by atoms with Gasteiger partial charge in [0, 0.05) is 4.88 Å². The topological polar surface area (TPSA) is 50.7 Å². The largest absolute Gasteiger partial charge is 0.363 e. The zero-order valence-electron chi connectivity index (χ0n) is 9.91. The summed E-state index contributed by atoms with van der Waals surface area (Å²) in [7, 11) is 0. The van der Waals surface area contributed by atoms with E-state index in [-0.39, 0.29) is 0 Å². The van der Waals surface area contributed by atoms with Crippen molar-refractivity contribution in [3.8, 4) is 0 Å². The number of nitrogens with zero attached hydrogens (tertiary/aromatic N) is 3. The number of aromatic nitrogens is 3. The van der Waals surface area contributed by atoms with Gasteiger partial charge in [0.2, 0.25) is 0 Å². The van der Waals surface area contributed by atoms with Crippen LogP contribution in [0.3, 0.4) is 0 Å². The molecule has 2 rings (SSSR count). The summed E-state index contributed by atoms with van der Waals surface area (Å²) in [5.74, 6) is 0.778. The Morgan fingerprint density at radius 2 is 2.00 bits per heavy atom. The Bertz CT molecular complexity index is 538. The molecule has 0 fully saturated rings. The third-order valence-corrected chi connectivity index (χ3v) is 4.02. The molecule has 0 aromatic carbocycles. The minimum atomic E-state index is 0.460. The lowest BCUT2D eigenvalue weighted by Crippen LogP contribution is -2.05. The van der Waals surface area contributed by atoms with Gasteiger partial charge in [-0.1, -0.05) is 11.6 Å². The number of hydrogen-bond donors (Lipinski definition) is 1. The fraction of sp³-hybridized carbons (Fsp3) is 0.364. The Balaban J connectivity index is 2.15. The molecule has 0 aliphatic heterocycles. The number of nitrogens with one attached hydrogen (secondary N) is 1. The molecule has 0 atom stereocenters. The summed E-state index contributed by atoms with van der Waals surface area (Å²) >= 11 is 7.54. The molecule has 90 valence electrons. The van der Waals surface area contributed by atoms with Crippen LogP contribution in [0, 0.1) is 20.8 Å². The van der Waals surface area contributed by atoms with E-state index < -0.39 is 0 Å². The minimum Gasteiger partial charge on any atom is -0.363 e. The van der Waals surface area contributed by atoms with Gasteiger partial charge in [0.05, 0.1) is 17.7 Å². The van der Waals surface area contributed by atoms with Crippen LogP contribution in [0.25, 0.3) is 0 Å².